The molecule has 0 fully saturated rings. The van der Waals surface area contributed by atoms with E-state index in [0.29, 0.717) is 16.9 Å². The predicted molar refractivity (Wildman–Crippen MR) is 95.2 cm³/mol. The van der Waals surface area contributed by atoms with E-state index in [9.17, 15) is 14.7 Å². The van der Waals surface area contributed by atoms with Crippen molar-refractivity contribution >= 4 is 11.9 Å². The highest BCUT2D eigenvalue weighted by Crippen LogP contribution is 2.27. The van der Waals surface area contributed by atoms with Gasteiger partial charge in [-0.3, -0.25) is 14.6 Å². The van der Waals surface area contributed by atoms with Gasteiger partial charge in [0.1, 0.15) is 12.0 Å². The third-order valence-electron chi connectivity index (χ3n) is 3.84. The number of aliphatic carboxylic acids is 1. The third kappa shape index (κ3) is 4.30. The van der Waals surface area contributed by atoms with Crippen LogP contribution in [-0.2, 0) is 4.79 Å². The summed E-state index contributed by atoms with van der Waals surface area (Å²) in [5.74, 6) is -0.867. The Morgan fingerprint density at radius 1 is 1.26 bits per heavy atom. The molecule has 0 saturated carbocycles. The van der Waals surface area contributed by atoms with Gasteiger partial charge < -0.3 is 19.6 Å². The number of nitrogens with zero attached hydrogens (tertiary/aromatic N) is 2. The van der Waals surface area contributed by atoms with Crippen molar-refractivity contribution in [2.75, 3.05) is 7.11 Å². The smallest absolute Gasteiger partial charge is 0.305 e. The number of carbonyl (C=O) groups is 2. The fourth-order valence-electron chi connectivity index (χ4n) is 2.60. The Balaban J connectivity index is 1.83. The molecule has 8 nitrogen and oxygen atoms in total. The molecule has 0 aliphatic rings. The number of methoxy groups -OCH3 is 1. The quantitative estimate of drug-likeness (QED) is 0.660. The van der Waals surface area contributed by atoms with Crippen molar-refractivity contribution in [3.63, 3.8) is 0 Å². The maximum absolute atomic E-state index is 12.6. The molecule has 3 aromatic rings. The van der Waals surface area contributed by atoms with Crippen molar-refractivity contribution in [3.05, 3.63) is 66.3 Å². The number of ether oxygens (including phenoxy) is 1. The van der Waals surface area contributed by atoms with Gasteiger partial charge in [0, 0.05) is 18.0 Å². The van der Waals surface area contributed by atoms with E-state index in [0.717, 1.165) is 0 Å². The highest BCUT2D eigenvalue weighted by Gasteiger charge is 2.23. The Bertz CT molecular complexity index is 939. The van der Waals surface area contributed by atoms with Crippen LogP contribution in [0.3, 0.4) is 0 Å². The Morgan fingerprint density at radius 2 is 2.07 bits per heavy atom. The molecule has 0 saturated heterocycles. The van der Waals surface area contributed by atoms with Crippen molar-refractivity contribution in [1.82, 2.24) is 15.3 Å². The van der Waals surface area contributed by atoms with Crippen LogP contribution in [0.1, 0.15) is 28.5 Å². The molecular weight excluding hydrogens is 350 g/mol. The van der Waals surface area contributed by atoms with Gasteiger partial charge in [-0.05, 0) is 18.2 Å². The van der Waals surface area contributed by atoms with Gasteiger partial charge in [0.05, 0.1) is 25.1 Å². The third-order valence-corrected chi connectivity index (χ3v) is 3.84. The molecule has 0 aliphatic carbocycles. The molecule has 0 bridgehead atoms. The summed E-state index contributed by atoms with van der Waals surface area (Å²) in [6, 6.07) is 9.61. The minimum Gasteiger partial charge on any atom is -0.496 e. The van der Waals surface area contributed by atoms with Crippen molar-refractivity contribution < 1.29 is 23.8 Å². The number of pyridine rings is 1. The van der Waals surface area contributed by atoms with Crippen LogP contribution in [0.25, 0.3) is 11.5 Å². The zero-order valence-electron chi connectivity index (χ0n) is 14.5. The molecule has 1 amide bonds. The molecule has 0 aliphatic heterocycles. The number of rotatable bonds is 7. The second-order valence-electron chi connectivity index (χ2n) is 5.65. The lowest BCUT2D eigenvalue weighted by atomic mass is 10.0. The first kappa shape index (κ1) is 18.1. The predicted octanol–water partition coefficient (Wildman–Crippen LogP) is 2.69. The number of hydrogen-bond acceptors (Lipinski definition) is 6. The summed E-state index contributed by atoms with van der Waals surface area (Å²) >= 11 is 0. The Hall–Kier alpha value is -3.68. The van der Waals surface area contributed by atoms with Gasteiger partial charge in [0.15, 0.2) is 5.69 Å². The summed E-state index contributed by atoms with van der Waals surface area (Å²) in [5, 5.41) is 11.9. The maximum Gasteiger partial charge on any atom is 0.305 e. The van der Waals surface area contributed by atoms with Gasteiger partial charge in [0.25, 0.3) is 5.91 Å². The largest absolute Gasteiger partial charge is 0.496 e. The molecule has 2 heterocycles. The summed E-state index contributed by atoms with van der Waals surface area (Å²) in [6.45, 7) is 0. The van der Waals surface area contributed by atoms with E-state index in [1.165, 1.54) is 13.4 Å². The fourth-order valence-corrected chi connectivity index (χ4v) is 2.60. The van der Waals surface area contributed by atoms with Crippen LogP contribution in [0.5, 0.6) is 5.75 Å². The van der Waals surface area contributed by atoms with Gasteiger partial charge >= 0.3 is 5.97 Å². The number of carboxylic acid groups (broad SMARTS) is 1. The van der Waals surface area contributed by atoms with E-state index in [2.05, 4.69) is 15.3 Å². The normalized spacial score (nSPS) is 11.6. The number of hydrogen-bond donors (Lipinski definition) is 2. The lowest BCUT2D eigenvalue weighted by molar-refractivity contribution is -0.137. The number of benzene rings is 1. The van der Waals surface area contributed by atoms with Crippen LogP contribution in [0.4, 0.5) is 0 Å². The minimum absolute atomic E-state index is 0.0409. The highest BCUT2D eigenvalue weighted by atomic mass is 16.5. The molecule has 3 rings (SSSR count). The Labute approximate surface area is 154 Å². The summed E-state index contributed by atoms with van der Waals surface area (Å²) in [7, 11) is 1.48. The van der Waals surface area contributed by atoms with Gasteiger partial charge in [-0.1, -0.05) is 18.2 Å². The van der Waals surface area contributed by atoms with E-state index in [-0.39, 0.29) is 18.0 Å². The van der Waals surface area contributed by atoms with Gasteiger partial charge in [0.2, 0.25) is 5.89 Å². The monoisotopic (exact) mass is 367 g/mol. The number of para-hydroxylation sites is 1. The molecule has 1 atom stereocenters. The number of aromatic nitrogens is 2. The average Bonchev–Trinajstić information content (AvgIpc) is 3.18. The second kappa shape index (κ2) is 8.13. The molecule has 138 valence electrons. The standard InChI is InChI=1S/C19H17N3O5/c1-26-16-7-3-2-6-13(16)14(9-17(23)24)21-18(25)15-11-27-19(22-15)12-5-4-8-20-10-12/h2-8,10-11,14H,9H2,1H3,(H,21,25)(H,23,24). The Morgan fingerprint density at radius 3 is 2.78 bits per heavy atom. The highest BCUT2D eigenvalue weighted by molar-refractivity contribution is 5.93. The molecule has 1 aromatic carbocycles. The van der Waals surface area contributed by atoms with Crippen LogP contribution in [0.15, 0.2) is 59.5 Å². The zero-order chi connectivity index (χ0) is 19.2. The van der Waals surface area contributed by atoms with Gasteiger partial charge in [-0.25, -0.2) is 4.98 Å². The summed E-state index contributed by atoms with van der Waals surface area (Å²) in [5.41, 5.74) is 1.23. The van der Waals surface area contributed by atoms with Crippen molar-refractivity contribution in [3.8, 4) is 17.2 Å². The molecular formula is C19H17N3O5. The first-order valence-corrected chi connectivity index (χ1v) is 8.10. The molecule has 2 aromatic heterocycles. The number of nitrogens with one attached hydrogen (secondary N) is 1. The zero-order valence-corrected chi connectivity index (χ0v) is 14.5. The maximum atomic E-state index is 12.6. The van der Waals surface area contributed by atoms with Crippen LogP contribution in [0.2, 0.25) is 0 Å². The molecule has 0 radical (unpaired) electrons. The van der Waals surface area contributed by atoms with Crippen molar-refractivity contribution in [2.45, 2.75) is 12.5 Å². The van der Waals surface area contributed by atoms with E-state index < -0.39 is 17.9 Å². The van der Waals surface area contributed by atoms with E-state index in [4.69, 9.17) is 9.15 Å². The number of amides is 1. The Kier molecular flexibility index (Phi) is 5.46. The summed E-state index contributed by atoms with van der Waals surface area (Å²) in [4.78, 5) is 32.0. The second-order valence-corrected chi connectivity index (χ2v) is 5.65. The first-order valence-electron chi connectivity index (χ1n) is 8.10. The lowest BCUT2D eigenvalue weighted by Crippen LogP contribution is -2.30. The molecule has 8 heteroatoms. The van der Waals surface area contributed by atoms with E-state index >= 15 is 0 Å². The molecule has 2 N–H and O–H groups in total. The molecule has 0 spiro atoms. The van der Waals surface area contributed by atoms with Gasteiger partial charge in [-0.15, -0.1) is 0 Å². The van der Waals surface area contributed by atoms with Crippen LogP contribution < -0.4 is 10.1 Å². The number of carbonyl (C=O) groups excluding carboxylic acids is 1. The van der Waals surface area contributed by atoms with Crippen LogP contribution in [0, 0.1) is 0 Å². The van der Waals surface area contributed by atoms with Crippen LogP contribution >= 0.6 is 0 Å². The van der Waals surface area contributed by atoms with E-state index in [1.54, 1.807) is 48.8 Å². The minimum atomic E-state index is -1.05. The molecule has 27 heavy (non-hydrogen) atoms. The van der Waals surface area contributed by atoms with Crippen molar-refractivity contribution in [2.24, 2.45) is 0 Å². The lowest BCUT2D eigenvalue weighted by Gasteiger charge is -2.19. The van der Waals surface area contributed by atoms with Gasteiger partial charge in [-0.2, -0.15) is 0 Å². The van der Waals surface area contributed by atoms with Crippen LogP contribution in [-0.4, -0.2) is 34.1 Å². The topological polar surface area (TPSA) is 115 Å². The number of oxazole rings is 1. The summed E-state index contributed by atoms with van der Waals surface area (Å²) < 4.78 is 10.6. The first-order chi connectivity index (χ1) is 13.1. The molecule has 1 unspecified atom stereocenters. The number of carboxylic acids is 1. The SMILES string of the molecule is COc1ccccc1C(CC(=O)O)NC(=O)c1coc(-c2cccnc2)n1. The fraction of sp³-hybridized carbons (Fsp3) is 0.158. The summed E-state index contributed by atoms with van der Waals surface area (Å²) in [6.07, 6.45) is 4.09. The van der Waals surface area contributed by atoms with Crippen molar-refractivity contribution in [1.29, 1.82) is 0 Å². The average molecular weight is 367 g/mol. The van der Waals surface area contributed by atoms with E-state index in [1.807, 2.05) is 0 Å².